The van der Waals surface area contributed by atoms with Crippen LogP contribution in [0, 0.1) is 5.82 Å². The third-order valence-electron chi connectivity index (χ3n) is 3.51. The Morgan fingerprint density at radius 2 is 1.88 bits per heavy atom. The molecule has 0 bridgehead atoms. The second-order valence-corrected chi connectivity index (χ2v) is 8.81. The van der Waals surface area contributed by atoms with Crippen LogP contribution in [0.2, 0.25) is 0 Å². The number of aliphatic carboxylic acids is 1. The lowest BCUT2D eigenvalue weighted by atomic mass is 10.0. The Bertz CT molecular complexity index is 651. The van der Waals surface area contributed by atoms with Crippen LogP contribution in [0.15, 0.2) is 24.3 Å². The van der Waals surface area contributed by atoms with Crippen molar-refractivity contribution < 1.29 is 19.1 Å². The number of thioether (sulfide) groups is 1. The number of amides is 1. The summed E-state index contributed by atoms with van der Waals surface area (Å²) >= 11 is 6.44. The van der Waals surface area contributed by atoms with Gasteiger partial charge in [0, 0.05) is 23.4 Å². The maximum absolute atomic E-state index is 13.0. The van der Waals surface area contributed by atoms with E-state index in [1.54, 1.807) is 13.8 Å². The lowest BCUT2D eigenvalue weighted by Crippen LogP contribution is -2.53. The van der Waals surface area contributed by atoms with Crippen LogP contribution in [0.25, 0.3) is 0 Å². The van der Waals surface area contributed by atoms with Crippen molar-refractivity contribution in [1.82, 2.24) is 15.5 Å². The molecule has 0 aliphatic heterocycles. The van der Waals surface area contributed by atoms with Crippen LogP contribution in [-0.4, -0.2) is 64.2 Å². The highest BCUT2D eigenvalue weighted by Crippen LogP contribution is 2.29. The van der Waals surface area contributed by atoms with Crippen LogP contribution in [0.4, 0.5) is 4.39 Å². The Morgan fingerprint density at radius 3 is 2.38 bits per heavy atom. The summed E-state index contributed by atoms with van der Waals surface area (Å²) in [5.74, 6) is -2.23. The average molecular weight is 402 g/mol. The van der Waals surface area contributed by atoms with Crippen LogP contribution in [0.5, 0.6) is 0 Å². The smallest absolute Gasteiger partial charge is 0.327 e. The largest absolute Gasteiger partial charge is 0.480 e. The van der Waals surface area contributed by atoms with Gasteiger partial charge in [-0.15, -0.1) is 0 Å². The average Bonchev–Trinajstić information content (AvgIpc) is 2.51. The summed E-state index contributed by atoms with van der Waals surface area (Å²) in [6.45, 7) is 4.81. The fraction of sp³-hybridized carbons (Fsp3) is 0.471. The lowest BCUT2D eigenvalue weighted by Gasteiger charge is -2.31. The van der Waals surface area contributed by atoms with E-state index in [1.165, 1.54) is 23.9 Å². The molecule has 0 fully saturated rings. The minimum absolute atomic E-state index is 0.185. The highest BCUT2D eigenvalue weighted by atomic mass is 32.2. The number of nitrogens with zero attached hydrogens (tertiary/aromatic N) is 1. The maximum Gasteiger partial charge on any atom is 0.327 e. The van der Waals surface area contributed by atoms with E-state index in [2.05, 4.69) is 10.6 Å². The molecule has 9 heteroatoms. The first kappa shape index (κ1) is 22.3. The summed E-state index contributed by atoms with van der Waals surface area (Å²) in [5, 5.41) is 15.1. The van der Waals surface area contributed by atoms with Crippen LogP contribution < -0.4 is 10.6 Å². The molecule has 1 aromatic carbocycles. The zero-order chi connectivity index (χ0) is 19.9. The molecule has 0 saturated heterocycles. The quantitative estimate of drug-likeness (QED) is 0.575. The van der Waals surface area contributed by atoms with E-state index in [9.17, 15) is 19.1 Å². The van der Waals surface area contributed by atoms with Crippen molar-refractivity contribution in [2.45, 2.75) is 24.6 Å². The number of carbonyl (C=O) groups is 2. The molecule has 6 nitrogen and oxygen atoms in total. The summed E-state index contributed by atoms with van der Waals surface area (Å²) in [6.07, 6.45) is 0. The zero-order valence-corrected chi connectivity index (χ0v) is 16.8. The van der Waals surface area contributed by atoms with Gasteiger partial charge in [0.1, 0.15) is 16.2 Å². The predicted octanol–water partition coefficient (Wildman–Crippen LogP) is 1.96. The molecule has 0 aliphatic rings. The number of halogens is 1. The fourth-order valence-corrected chi connectivity index (χ4v) is 3.74. The minimum atomic E-state index is -1.18. The van der Waals surface area contributed by atoms with Gasteiger partial charge in [0.05, 0.1) is 0 Å². The topological polar surface area (TPSA) is 81.7 Å². The number of carboxylic acid groups (broad SMARTS) is 1. The van der Waals surface area contributed by atoms with E-state index < -0.39 is 28.5 Å². The number of benzene rings is 1. The van der Waals surface area contributed by atoms with Crippen molar-refractivity contribution in [2.75, 3.05) is 27.2 Å². The van der Waals surface area contributed by atoms with Crippen LogP contribution in [0.3, 0.4) is 0 Å². The summed E-state index contributed by atoms with van der Waals surface area (Å²) in [7, 11) is 3.88. The zero-order valence-electron chi connectivity index (χ0n) is 15.2. The Kier molecular flexibility index (Phi) is 8.45. The summed E-state index contributed by atoms with van der Waals surface area (Å²) < 4.78 is 12.5. The van der Waals surface area contributed by atoms with E-state index >= 15 is 0 Å². The molecule has 0 unspecified atom stereocenters. The molecular formula is C17H24FN3O3S2. The van der Waals surface area contributed by atoms with Crippen LogP contribution in [0.1, 0.15) is 24.2 Å². The van der Waals surface area contributed by atoms with Crippen molar-refractivity contribution in [1.29, 1.82) is 0 Å². The molecule has 26 heavy (non-hydrogen) atoms. The van der Waals surface area contributed by atoms with Gasteiger partial charge in [-0.25, -0.2) is 9.18 Å². The number of carboxylic acids is 1. The second kappa shape index (κ2) is 9.84. The Morgan fingerprint density at radius 1 is 1.31 bits per heavy atom. The molecule has 0 aliphatic carbocycles. The van der Waals surface area contributed by atoms with E-state index in [1.807, 2.05) is 19.0 Å². The first-order valence-corrected chi connectivity index (χ1v) is 9.16. The Balaban J connectivity index is 2.76. The van der Waals surface area contributed by atoms with Gasteiger partial charge >= 0.3 is 5.97 Å². The summed E-state index contributed by atoms with van der Waals surface area (Å²) in [5.41, 5.74) is 0.185. The number of thiocarbonyl (C=S) groups is 1. The molecule has 1 aromatic rings. The van der Waals surface area contributed by atoms with Crippen LogP contribution in [-0.2, 0) is 4.79 Å². The van der Waals surface area contributed by atoms with Gasteiger partial charge < -0.3 is 20.6 Å². The van der Waals surface area contributed by atoms with Gasteiger partial charge in [0.2, 0.25) is 0 Å². The maximum atomic E-state index is 13.0. The molecule has 0 saturated carbocycles. The van der Waals surface area contributed by atoms with Gasteiger partial charge in [-0.05, 0) is 52.2 Å². The van der Waals surface area contributed by atoms with E-state index in [0.717, 1.165) is 18.7 Å². The van der Waals surface area contributed by atoms with Gasteiger partial charge in [0.15, 0.2) is 0 Å². The predicted molar refractivity (Wildman–Crippen MR) is 106 cm³/mol. The first-order valence-electron chi connectivity index (χ1n) is 7.93. The van der Waals surface area contributed by atoms with Crippen molar-refractivity contribution in [2.24, 2.45) is 0 Å². The molecule has 0 radical (unpaired) electrons. The van der Waals surface area contributed by atoms with Crippen molar-refractivity contribution >= 4 is 40.2 Å². The van der Waals surface area contributed by atoms with E-state index in [4.69, 9.17) is 12.2 Å². The highest BCUT2D eigenvalue weighted by Gasteiger charge is 2.38. The number of rotatable bonds is 8. The number of likely N-dealkylation sites (N-methyl/N-ethyl adjacent to an activating group) is 1. The van der Waals surface area contributed by atoms with Crippen molar-refractivity contribution in [3.63, 3.8) is 0 Å². The van der Waals surface area contributed by atoms with Crippen LogP contribution >= 0.6 is 24.0 Å². The lowest BCUT2D eigenvalue weighted by molar-refractivity contribution is -0.139. The van der Waals surface area contributed by atoms with Crippen molar-refractivity contribution in [3.05, 3.63) is 35.6 Å². The van der Waals surface area contributed by atoms with Gasteiger partial charge in [-0.3, -0.25) is 4.79 Å². The third kappa shape index (κ3) is 7.27. The highest BCUT2D eigenvalue weighted by molar-refractivity contribution is 8.23. The summed E-state index contributed by atoms with van der Waals surface area (Å²) in [6, 6.07) is 3.72. The molecular weight excluding hydrogens is 377 g/mol. The van der Waals surface area contributed by atoms with E-state index in [0.29, 0.717) is 10.9 Å². The molecule has 0 heterocycles. The first-order chi connectivity index (χ1) is 12.0. The molecule has 0 aromatic heterocycles. The Hall–Kier alpha value is -1.71. The summed E-state index contributed by atoms with van der Waals surface area (Å²) in [4.78, 5) is 26.0. The van der Waals surface area contributed by atoms with Gasteiger partial charge in [0.25, 0.3) is 5.91 Å². The van der Waals surface area contributed by atoms with E-state index in [-0.39, 0.29) is 5.56 Å². The fourth-order valence-electron chi connectivity index (χ4n) is 2.06. The molecule has 144 valence electrons. The van der Waals surface area contributed by atoms with Gasteiger partial charge in [-0.1, -0.05) is 24.0 Å². The Labute approximate surface area is 162 Å². The number of hydrogen-bond donors (Lipinski definition) is 3. The number of carbonyl (C=O) groups excluding carboxylic acids is 1. The minimum Gasteiger partial charge on any atom is -0.480 e. The molecule has 0 spiro atoms. The molecule has 1 amide bonds. The molecule has 3 N–H and O–H groups in total. The normalized spacial score (nSPS) is 12.5. The number of hydrogen-bond acceptors (Lipinski definition) is 5. The number of nitrogens with one attached hydrogen (secondary N) is 2. The monoisotopic (exact) mass is 401 g/mol. The molecule has 1 rings (SSSR count). The van der Waals surface area contributed by atoms with Crippen molar-refractivity contribution in [3.8, 4) is 0 Å². The third-order valence-corrected chi connectivity index (χ3v) is 4.99. The standard InChI is InChI=1S/C17H24FN3O3S2/c1-17(2,26-16(25)19-9-10-21(3)4)13(15(23)24)20-14(22)11-5-7-12(18)8-6-11/h5-8,13H,9-10H2,1-4H3,(H,19,25)(H,20,22)(H,23,24)/t13-/m1/s1. The van der Waals surface area contributed by atoms with Gasteiger partial charge in [-0.2, -0.15) is 0 Å². The SMILES string of the molecule is CN(C)CCNC(=S)SC(C)(C)[C@H](NC(=O)c1ccc(F)cc1)C(=O)O. The second-order valence-electron chi connectivity index (χ2n) is 6.47. The molecule has 1 atom stereocenters.